The Hall–Kier alpha value is -1.11. The van der Waals surface area contributed by atoms with Crippen LogP contribution >= 0.6 is 0 Å². The van der Waals surface area contributed by atoms with E-state index in [1.54, 1.807) is 26.0 Å². The van der Waals surface area contributed by atoms with Crippen LogP contribution in [-0.4, -0.2) is 40.0 Å². The molecule has 1 aromatic carbocycles. The van der Waals surface area contributed by atoms with Crippen molar-refractivity contribution in [2.45, 2.75) is 38.6 Å². The van der Waals surface area contributed by atoms with Gasteiger partial charge in [-0.1, -0.05) is 13.8 Å². The third-order valence-corrected chi connectivity index (χ3v) is 5.22. The van der Waals surface area contributed by atoms with Crippen molar-refractivity contribution in [1.29, 1.82) is 0 Å². The van der Waals surface area contributed by atoms with Crippen LogP contribution in [0.25, 0.3) is 0 Å². The summed E-state index contributed by atoms with van der Waals surface area (Å²) < 4.78 is 28.3. The number of rotatable bonds is 6. The number of likely N-dealkylation sites (N-methyl/N-ethyl adjacent to an activating group) is 1. The van der Waals surface area contributed by atoms with Crippen molar-refractivity contribution in [3.05, 3.63) is 23.3 Å². The molecular weight excluding hydrogens is 286 g/mol. The van der Waals surface area contributed by atoms with Gasteiger partial charge in [-0.15, -0.1) is 0 Å². The summed E-state index contributed by atoms with van der Waals surface area (Å²) in [6.45, 7) is 8.23. The number of nitrogens with two attached hydrogens (primary N) is 1. The van der Waals surface area contributed by atoms with Gasteiger partial charge in [0, 0.05) is 18.3 Å². The molecule has 1 atom stereocenters. The van der Waals surface area contributed by atoms with Gasteiger partial charge in [0.2, 0.25) is 10.0 Å². The van der Waals surface area contributed by atoms with Crippen LogP contribution in [0.15, 0.2) is 17.0 Å². The smallest absolute Gasteiger partial charge is 0.241 e. The highest BCUT2D eigenvalue weighted by molar-refractivity contribution is 7.89. The summed E-state index contributed by atoms with van der Waals surface area (Å²) in [5, 5.41) is 0. The number of nitrogens with one attached hydrogen (secondary N) is 1. The lowest BCUT2D eigenvalue weighted by atomic mass is 10.1. The number of hydrogen-bond acceptors (Lipinski definition) is 4. The fraction of sp³-hybridized carbons (Fsp3) is 0.600. The third kappa shape index (κ3) is 4.69. The first-order chi connectivity index (χ1) is 9.54. The standard InChI is InChI=1S/C15H27N3O2S/c1-10(2)14(9-18(5)6)17-21(19,20)15-11(3)7-13(16)8-12(15)4/h7-8,10,14,17H,9,16H2,1-6H3. The zero-order chi connectivity index (χ0) is 16.4. The van der Waals surface area contributed by atoms with Crippen molar-refractivity contribution in [1.82, 2.24) is 9.62 Å². The van der Waals surface area contributed by atoms with Gasteiger partial charge in [0.1, 0.15) is 0 Å². The van der Waals surface area contributed by atoms with Gasteiger partial charge in [0.25, 0.3) is 0 Å². The number of benzene rings is 1. The SMILES string of the molecule is Cc1cc(N)cc(C)c1S(=O)(=O)NC(CN(C)C)C(C)C. The highest BCUT2D eigenvalue weighted by Gasteiger charge is 2.25. The predicted molar refractivity (Wildman–Crippen MR) is 87.8 cm³/mol. The predicted octanol–water partition coefficient (Wildman–Crippen LogP) is 1.75. The maximum Gasteiger partial charge on any atom is 0.241 e. The number of nitrogens with zero attached hydrogens (tertiary/aromatic N) is 1. The molecule has 0 bridgehead atoms. The quantitative estimate of drug-likeness (QED) is 0.785. The molecule has 0 saturated heterocycles. The summed E-state index contributed by atoms with van der Waals surface area (Å²) in [4.78, 5) is 2.32. The molecule has 0 aliphatic rings. The molecule has 0 aromatic heterocycles. The van der Waals surface area contributed by atoms with Gasteiger partial charge >= 0.3 is 0 Å². The summed E-state index contributed by atoms with van der Waals surface area (Å²) in [6, 6.07) is 3.25. The second-order valence-electron chi connectivity index (χ2n) is 6.22. The van der Waals surface area contributed by atoms with Crippen molar-refractivity contribution in [3.8, 4) is 0 Å². The van der Waals surface area contributed by atoms with Gasteiger partial charge < -0.3 is 10.6 Å². The minimum absolute atomic E-state index is 0.138. The average molecular weight is 313 g/mol. The topological polar surface area (TPSA) is 75.4 Å². The molecule has 1 rings (SSSR count). The van der Waals surface area contributed by atoms with Gasteiger partial charge in [-0.3, -0.25) is 0 Å². The van der Waals surface area contributed by atoms with Crippen molar-refractivity contribution in [2.75, 3.05) is 26.4 Å². The minimum Gasteiger partial charge on any atom is -0.399 e. The maximum absolute atomic E-state index is 12.7. The van der Waals surface area contributed by atoms with Crippen LogP contribution in [0.1, 0.15) is 25.0 Å². The summed E-state index contributed by atoms with van der Waals surface area (Å²) in [5.41, 5.74) is 7.69. The van der Waals surface area contributed by atoms with Crippen LogP contribution in [0, 0.1) is 19.8 Å². The molecule has 0 amide bonds. The molecule has 0 radical (unpaired) electrons. The van der Waals surface area contributed by atoms with E-state index in [4.69, 9.17) is 5.73 Å². The average Bonchev–Trinajstić information content (AvgIpc) is 2.24. The molecule has 3 N–H and O–H groups in total. The Morgan fingerprint density at radius 2 is 1.67 bits per heavy atom. The minimum atomic E-state index is -3.56. The third-order valence-electron chi connectivity index (χ3n) is 3.42. The molecule has 0 fully saturated rings. The van der Waals surface area contributed by atoms with E-state index >= 15 is 0 Å². The van der Waals surface area contributed by atoms with Crippen molar-refractivity contribution >= 4 is 15.7 Å². The molecule has 0 aliphatic carbocycles. The molecule has 0 spiro atoms. The monoisotopic (exact) mass is 313 g/mol. The molecule has 0 heterocycles. The van der Waals surface area contributed by atoms with Crippen LogP contribution in [0.4, 0.5) is 5.69 Å². The number of aryl methyl sites for hydroxylation is 2. The zero-order valence-corrected chi connectivity index (χ0v) is 14.6. The first kappa shape index (κ1) is 17.9. The molecule has 1 aromatic rings. The van der Waals surface area contributed by atoms with E-state index < -0.39 is 10.0 Å². The van der Waals surface area contributed by atoms with Crippen LogP contribution < -0.4 is 10.5 Å². The summed E-state index contributed by atoms with van der Waals surface area (Å²) in [6.07, 6.45) is 0. The lowest BCUT2D eigenvalue weighted by Crippen LogP contribution is -2.45. The first-order valence-electron chi connectivity index (χ1n) is 7.08. The van der Waals surface area contributed by atoms with Crippen LogP contribution in [-0.2, 0) is 10.0 Å². The highest BCUT2D eigenvalue weighted by Crippen LogP contribution is 2.23. The normalized spacial score (nSPS) is 13.9. The van der Waals surface area contributed by atoms with Crippen molar-refractivity contribution in [2.24, 2.45) is 5.92 Å². The molecule has 6 heteroatoms. The molecule has 21 heavy (non-hydrogen) atoms. The second-order valence-corrected chi connectivity index (χ2v) is 7.87. The summed E-state index contributed by atoms with van der Waals surface area (Å²) in [5.74, 6) is 0.205. The van der Waals surface area contributed by atoms with E-state index in [0.29, 0.717) is 28.3 Å². The summed E-state index contributed by atoms with van der Waals surface area (Å²) in [7, 11) is 0.307. The van der Waals surface area contributed by atoms with Crippen LogP contribution in [0.2, 0.25) is 0 Å². The lowest BCUT2D eigenvalue weighted by Gasteiger charge is -2.26. The Balaban J connectivity index is 3.17. The molecule has 120 valence electrons. The van der Waals surface area contributed by atoms with E-state index in [9.17, 15) is 8.42 Å². The number of hydrogen-bond donors (Lipinski definition) is 2. The first-order valence-corrected chi connectivity index (χ1v) is 8.56. The van der Waals surface area contributed by atoms with E-state index in [0.717, 1.165) is 0 Å². The summed E-state index contributed by atoms with van der Waals surface area (Å²) >= 11 is 0. The van der Waals surface area contributed by atoms with Crippen molar-refractivity contribution in [3.63, 3.8) is 0 Å². The Labute approximate surface area is 128 Å². The maximum atomic E-state index is 12.7. The van der Waals surface area contributed by atoms with Gasteiger partial charge in [0.15, 0.2) is 0 Å². The Kier molecular flexibility index (Phi) is 5.78. The van der Waals surface area contributed by atoms with Gasteiger partial charge in [-0.05, 0) is 57.1 Å². The van der Waals surface area contributed by atoms with Crippen molar-refractivity contribution < 1.29 is 8.42 Å². The fourth-order valence-electron chi connectivity index (χ4n) is 2.44. The van der Waals surface area contributed by atoms with E-state index in [-0.39, 0.29) is 12.0 Å². The van der Waals surface area contributed by atoms with Crippen LogP contribution in [0.5, 0.6) is 0 Å². The zero-order valence-electron chi connectivity index (χ0n) is 13.8. The van der Waals surface area contributed by atoms with Gasteiger partial charge in [-0.2, -0.15) is 0 Å². The second kappa shape index (κ2) is 6.77. The Bertz CT molecular complexity index is 572. The Morgan fingerprint density at radius 1 is 1.19 bits per heavy atom. The van der Waals surface area contributed by atoms with Gasteiger partial charge in [-0.25, -0.2) is 13.1 Å². The fourth-order valence-corrected chi connectivity index (χ4v) is 4.27. The van der Waals surface area contributed by atoms with E-state index in [1.165, 1.54) is 0 Å². The number of sulfonamides is 1. The Morgan fingerprint density at radius 3 is 2.05 bits per heavy atom. The lowest BCUT2D eigenvalue weighted by molar-refractivity contribution is 0.314. The largest absolute Gasteiger partial charge is 0.399 e. The van der Waals surface area contributed by atoms with Gasteiger partial charge in [0.05, 0.1) is 4.90 Å². The highest BCUT2D eigenvalue weighted by atomic mass is 32.2. The molecule has 1 unspecified atom stereocenters. The molecule has 0 aliphatic heterocycles. The molecular formula is C15H27N3O2S. The molecule has 5 nitrogen and oxygen atoms in total. The number of anilines is 1. The number of nitrogen functional groups attached to an aromatic ring is 1. The molecule has 0 saturated carbocycles. The van der Waals surface area contributed by atoms with Crippen LogP contribution in [0.3, 0.4) is 0 Å². The van der Waals surface area contributed by atoms with E-state index in [2.05, 4.69) is 4.72 Å². The van der Waals surface area contributed by atoms with E-state index in [1.807, 2.05) is 32.8 Å².